The van der Waals surface area contributed by atoms with Crippen LogP contribution in [0.15, 0.2) is 36.5 Å². The van der Waals surface area contributed by atoms with Gasteiger partial charge in [0.25, 0.3) is 5.91 Å². The molecule has 106 valence electrons. The Labute approximate surface area is 125 Å². The summed E-state index contributed by atoms with van der Waals surface area (Å²) in [6.45, 7) is 0.509. The standard InChI is InChI=1S/C15H14N4OS/c16-6-8-1-3-9(4-2-8)12-5-10-13(21-12)11(15(18)20)7-19-14(10)17/h1-5,7H,6,16H2,(H2,17,19)(H2,18,20). The van der Waals surface area contributed by atoms with Crippen molar-refractivity contribution in [3.63, 3.8) is 0 Å². The van der Waals surface area contributed by atoms with Gasteiger partial charge in [0.1, 0.15) is 5.82 Å². The maximum absolute atomic E-state index is 11.5. The molecule has 0 spiro atoms. The minimum Gasteiger partial charge on any atom is -0.383 e. The first-order chi connectivity index (χ1) is 10.1. The van der Waals surface area contributed by atoms with E-state index in [4.69, 9.17) is 17.2 Å². The Balaban J connectivity index is 2.17. The van der Waals surface area contributed by atoms with E-state index in [0.29, 0.717) is 17.9 Å². The zero-order valence-corrected chi connectivity index (χ0v) is 12.0. The van der Waals surface area contributed by atoms with Gasteiger partial charge < -0.3 is 17.2 Å². The van der Waals surface area contributed by atoms with Gasteiger partial charge in [-0.05, 0) is 17.2 Å². The number of carbonyl (C=O) groups is 1. The van der Waals surface area contributed by atoms with Gasteiger partial charge in [-0.3, -0.25) is 4.79 Å². The SMILES string of the molecule is NCc1ccc(-c2cc3c(N)ncc(C(N)=O)c3s2)cc1. The van der Waals surface area contributed by atoms with Gasteiger partial charge in [-0.15, -0.1) is 11.3 Å². The first-order valence-electron chi connectivity index (χ1n) is 6.37. The Morgan fingerprint density at radius 2 is 1.95 bits per heavy atom. The summed E-state index contributed by atoms with van der Waals surface area (Å²) in [5.74, 6) is -0.101. The highest BCUT2D eigenvalue weighted by Crippen LogP contribution is 2.37. The molecule has 0 fully saturated rings. The highest BCUT2D eigenvalue weighted by molar-refractivity contribution is 7.22. The minimum atomic E-state index is -0.501. The van der Waals surface area contributed by atoms with Crippen molar-refractivity contribution in [3.05, 3.63) is 47.7 Å². The van der Waals surface area contributed by atoms with E-state index in [2.05, 4.69) is 4.98 Å². The number of rotatable bonds is 3. The van der Waals surface area contributed by atoms with Crippen LogP contribution in [0.1, 0.15) is 15.9 Å². The molecule has 0 radical (unpaired) electrons. The van der Waals surface area contributed by atoms with Crippen molar-refractivity contribution in [2.75, 3.05) is 5.73 Å². The monoisotopic (exact) mass is 298 g/mol. The summed E-state index contributed by atoms with van der Waals surface area (Å²) < 4.78 is 0.771. The number of fused-ring (bicyclic) bond motifs is 1. The molecule has 0 atom stereocenters. The molecule has 0 unspecified atom stereocenters. The zero-order valence-electron chi connectivity index (χ0n) is 11.2. The van der Waals surface area contributed by atoms with Crippen LogP contribution < -0.4 is 17.2 Å². The molecule has 6 heteroatoms. The molecule has 0 saturated heterocycles. The van der Waals surface area contributed by atoms with E-state index >= 15 is 0 Å². The number of thiophene rings is 1. The Hall–Kier alpha value is -2.44. The van der Waals surface area contributed by atoms with E-state index in [-0.39, 0.29) is 0 Å². The smallest absolute Gasteiger partial charge is 0.251 e. The molecule has 1 amide bonds. The Bertz CT molecular complexity index is 824. The van der Waals surface area contributed by atoms with Crippen LogP contribution in [0, 0.1) is 0 Å². The number of anilines is 1. The van der Waals surface area contributed by atoms with E-state index in [9.17, 15) is 4.79 Å². The van der Waals surface area contributed by atoms with Crippen LogP contribution in [-0.4, -0.2) is 10.9 Å². The molecule has 3 aromatic rings. The van der Waals surface area contributed by atoms with Crippen LogP contribution in [0.5, 0.6) is 0 Å². The number of nitrogen functional groups attached to an aromatic ring is 1. The van der Waals surface area contributed by atoms with E-state index in [1.165, 1.54) is 17.5 Å². The molecule has 0 bridgehead atoms. The molecule has 0 aliphatic heterocycles. The quantitative estimate of drug-likeness (QED) is 0.688. The molecule has 21 heavy (non-hydrogen) atoms. The predicted molar refractivity (Wildman–Crippen MR) is 85.9 cm³/mol. The molecule has 0 aliphatic carbocycles. The van der Waals surface area contributed by atoms with Crippen LogP contribution in [0.2, 0.25) is 0 Å². The van der Waals surface area contributed by atoms with E-state index in [1.807, 2.05) is 30.3 Å². The van der Waals surface area contributed by atoms with Crippen molar-refractivity contribution in [2.45, 2.75) is 6.54 Å². The fraction of sp³-hybridized carbons (Fsp3) is 0.0667. The number of carbonyl (C=O) groups excluding carboxylic acids is 1. The molecule has 1 aromatic carbocycles. The lowest BCUT2D eigenvalue weighted by molar-refractivity contribution is 0.100. The number of nitrogens with zero attached hydrogens (tertiary/aromatic N) is 1. The fourth-order valence-corrected chi connectivity index (χ4v) is 3.35. The number of hydrogen-bond acceptors (Lipinski definition) is 5. The normalized spacial score (nSPS) is 10.9. The molecule has 5 nitrogen and oxygen atoms in total. The van der Waals surface area contributed by atoms with Gasteiger partial charge in [-0.2, -0.15) is 0 Å². The lowest BCUT2D eigenvalue weighted by Gasteiger charge is -1.99. The highest BCUT2D eigenvalue weighted by Gasteiger charge is 2.14. The number of hydrogen-bond donors (Lipinski definition) is 3. The van der Waals surface area contributed by atoms with Crippen molar-refractivity contribution in [1.29, 1.82) is 0 Å². The summed E-state index contributed by atoms with van der Waals surface area (Å²) in [6.07, 6.45) is 1.43. The third kappa shape index (κ3) is 2.35. The van der Waals surface area contributed by atoms with Crippen LogP contribution in [0.4, 0.5) is 5.82 Å². The van der Waals surface area contributed by atoms with E-state index < -0.39 is 5.91 Å². The highest BCUT2D eigenvalue weighted by atomic mass is 32.1. The number of benzene rings is 1. The molecule has 2 heterocycles. The average Bonchev–Trinajstić information content (AvgIpc) is 2.93. The lowest BCUT2D eigenvalue weighted by atomic mass is 10.1. The molecule has 6 N–H and O–H groups in total. The van der Waals surface area contributed by atoms with Gasteiger partial charge in [0, 0.05) is 23.0 Å². The van der Waals surface area contributed by atoms with Crippen LogP contribution in [0.25, 0.3) is 20.5 Å². The van der Waals surface area contributed by atoms with Crippen molar-refractivity contribution >= 4 is 33.1 Å². The number of amides is 1. The second kappa shape index (κ2) is 5.16. The lowest BCUT2D eigenvalue weighted by Crippen LogP contribution is -2.11. The topological polar surface area (TPSA) is 108 Å². The molecule has 2 aromatic heterocycles. The van der Waals surface area contributed by atoms with Gasteiger partial charge >= 0.3 is 0 Å². The fourth-order valence-electron chi connectivity index (χ4n) is 2.17. The molecule has 0 saturated carbocycles. The number of pyridine rings is 1. The third-order valence-corrected chi connectivity index (χ3v) is 4.54. The minimum absolute atomic E-state index is 0.397. The summed E-state index contributed by atoms with van der Waals surface area (Å²) in [6, 6.07) is 9.90. The number of nitrogens with two attached hydrogens (primary N) is 3. The summed E-state index contributed by atoms with van der Waals surface area (Å²) in [4.78, 5) is 16.5. The Kier molecular flexibility index (Phi) is 3.32. The van der Waals surface area contributed by atoms with Crippen LogP contribution in [0.3, 0.4) is 0 Å². The number of aromatic nitrogens is 1. The van der Waals surface area contributed by atoms with Crippen molar-refractivity contribution in [3.8, 4) is 10.4 Å². The van der Waals surface area contributed by atoms with Gasteiger partial charge in [0.05, 0.1) is 10.3 Å². The first-order valence-corrected chi connectivity index (χ1v) is 7.19. The first kappa shape index (κ1) is 13.5. The van der Waals surface area contributed by atoms with Gasteiger partial charge in [-0.25, -0.2) is 4.98 Å². The van der Waals surface area contributed by atoms with Crippen LogP contribution >= 0.6 is 11.3 Å². The Morgan fingerprint density at radius 1 is 1.24 bits per heavy atom. The maximum atomic E-state index is 11.5. The largest absolute Gasteiger partial charge is 0.383 e. The summed E-state index contributed by atoms with van der Waals surface area (Å²) in [5.41, 5.74) is 19.4. The Morgan fingerprint density at radius 3 is 2.57 bits per heavy atom. The third-order valence-electron chi connectivity index (χ3n) is 3.33. The van der Waals surface area contributed by atoms with Gasteiger partial charge in [0.15, 0.2) is 0 Å². The zero-order chi connectivity index (χ0) is 15.0. The molecule has 0 aliphatic rings. The predicted octanol–water partition coefficient (Wildman–Crippen LogP) is 2.10. The van der Waals surface area contributed by atoms with Crippen molar-refractivity contribution in [1.82, 2.24) is 4.98 Å². The van der Waals surface area contributed by atoms with Crippen molar-refractivity contribution in [2.24, 2.45) is 11.5 Å². The van der Waals surface area contributed by atoms with Gasteiger partial charge in [-0.1, -0.05) is 24.3 Å². The van der Waals surface area contributed by atoms with E-state index in [1.54, 1.807) is 0 Å². The summed E-state index contributed by atoms with van der Waals surface area (Å²) in [7, 11) is 0. The van der Waals surface area contributed by atoms with Gasteiger partial charge in [0.2, 0.25) is 0 Å². The molecule has 3 rings (SSSR count). The number of primary amides is 1. The molecular formula is C15H14N4OS. The van der Waals surface area contributed by atoms with Crippen molar-refractivity contribution < 1.29 is 4.79 Å². The molecular weight excluding hydrogens is 284 g/mol. The maximum Gasteiger partial charge on any atom is 0.251 e. The van der Waals surface area contributed by atoms with E-state index in [0.717, 1.165) is 26.1 Å². The second-order valence-corrected chi connectivity index (χ2v) is 5.73. The average molecular weight is 298 g/mol. The summed E-state index contributed by atoms with van der Waals surface area (Å²) in [5, 5.41) is 0.759. The van der Waals surface area contributed by atoms with Crippen LogP contribution in [-0.2, 0) is 6.54 Å². The second-order valence-electron chi connectivity index (χ2n) is 4.68. The summed E-state index contributed by atoms with van der Waals surface area (Å²) >= 11 is 1.48.